The first kappa shape index (κ1) is 13.0. The molecule has 0 radical (unpaired) electrons. The van der Waals surface area contributed by atoms with E-state index in [1.54, 1.807) is 6.07 Å². The lowest BCUT2D eigenvalue weighted by Crippen LogP contribution is -2.33. The molecule has 94 valence electrons. The van der Waals surface area contributed by atoms with E-state index in [9.17, 15) is 4.39 Å². The van der Waals surface area contributed by atoms with Crippen LogP contribution < -0.4 is 5.73 Å². The quantitative estimate of drug-likeness (QED) is 0.878. The Bertz CT molecular complexity index is 410. The summed E-state index contributed by atoms with van der Waals surface area (Å²) < 4.78 is 14.5. The predicted octanol–water partition coefficient (Wildman–Crippen LogP) is 3.98. The minimum atomic E-state index is -0.164. The first-order valence-corrected chi connectivity index (χ1v) is 6.97. The number of hydrogen-bond acceptors (Lipinski definition) is 1. The molecule has 2 rings (SSSR count). The molecule has 3 heteroatoms. The zero-order valence-electron chi connectivity index (χ0n) is 10.4. The Morgan fingerprint density at radius 3 is 2.47 bits per heavy atom. The Balaban J connectivity index is 2.65. The highest BCUT2D eigenvalue weighted by Crippen LogP contribution is 2.45. The molecule has 1 aromatic rings. The van der Waals surface area contributed by atoms with E-state index in [0.717, 1.165) is 24.0 Å². The maximum absolute atomic E-state index is 13.9. The maximum atomic E-state index is 13.9. The Morgan fingerprint density at radius 2 is 1.94 bits per heavy atom. The molecular formula is C14H19BrFN. The number of halogens is 2. The van der Waals surface area contributed by atoms with Crippen LogP contribution in [0.25, 0.3) is 0 Å². The molecule has 17 heavy (non-hydrogen) atoms. The van der Waals surface area contributed by atoms with E-state index in [0.29, 0.717) is 11.0 Å². The molecule has 0 amide bonds. The fourth-order valence-electron chi connectivity index (χ4n) is 3.08. The Kier molecular flexibility index (Phi) is 3.60. The molecule has 0 atom stereocenters. The number of nitrogens with two attached hydrogens (primary N) is 1. The topological polar surface area (TPSA) is 26.0 Å². The van der Waals surface area contributed by atoms with Crippen LogP contribution in [0, 0.1) is 19.7 Å². The normalized spacial score (nSPS) is 18.6. The highest BCUT2D eigenvalue weighted by atomic mass is 79.9. The zero-order valence-corrected chi connectivity index (χ0v) is 12.0. The zero-order chi connectivity index (χ0) is 12.6. The monoisotopic (exact) mass is 299 g/mol. The second-order valence-corrected chi connectivity index (χ2v) is 5.97. The van der Waals surface area contributed by atoms with Gasteiger partial charge >= 0.3 is 0 Å². The lowest BCUT2D eigenvalue weighted by atomic mass is 9.76. The van der Waals surface area contributed by atoms with Crippen LogP contribution in [0.3, 0.4) is 0 Å². The van der Waals surface area contributed by atoms with Crippen LogP contribution in [0.1, 0.15) is 42.4 Å². The van der Waals surface area contributed by atoms with Crippen LogP contribution >= 0.6 is 15.9 Å². The van der Waals surface area contributed by atoms with Gasteiger partial charge in [0.15, 0.2) is 0 Å². The van der Waals surface area contributed by atoms with Gasteiger partial charge in [-0.2, -0.15) is 0 Å². The average molecular weight is 300 g/mol. The van der Waals surface area contributed by atoms with Crippen LogP contribution in [0.5, 0.6) is 0 Å². The molecule has 1 aromatic carbocycles. The summed E-state index contributed by atoms with van der Waals surface area (Å²) in [6, 6.07) is 1.60. The molecule has 0 unspecified atom stereocenters. The van der Waals surface area contributed by atoms with Gasteiger partial charge in [-0.15, -0.1) is 0 Å². The summed E-state index contributed by atoms with van der Waals surface area (Å²) in [6.07, 6.45) is 4.54. The van der Waals surface area contributed by atoms with Crippen molar-refractivity contribution < 1.29 is 4.39 Å². The summed E-state index contributed by atoms with van der Waals surface area (Å²) in [6.45, 7) is 4.65. The third-order valence-corrected chi connectivity index (χ3v) is 5.00. The number of aryl methyl sites for hydroxylation is 1. The van der Waals surface area contributed by atoms with E-state index in [-0.39, 0.29) is 11.2 Å². The Hall–Kier alpha value is -0.410. The number of hydrogen-bond donors (Lipinski definition) is 1. The highest BCUT2D eigenvalue weighted by Gasteiger charge is 2.37. The van der Waals surface area contributed by atoms with E-state index < -0.39 is 0 Å². The summed E-state index contributed by atoms with van der Waals surface area (Å²) >= 11 is 3.42. The van der Waals surface area contributed by atoms with Gasteiger partial charge in [-0.1, -0.05) is 12.8 Å². The summed E-state index contributed by atoms with van der Waals surface area (Å²) in [4.78, 5) is 0. The molecule has 1 aliphatic carbocycles. The van der Waals surface area contributed by atoms with Crippen LogP contribution in [0.4, 0.5) is 4.39 Å². The number of benzene rings is 1. The molecule has 2 N–H and O–H groups in total. The average Bonchev–Trinajstić information content (AvgIpc) is 2.77. The molecule has 0 bridgehead atoms. The first-order chi connectivity index (χ1) is 8.02. The van der Waals surface area contributed by atoms with Crippen molar-refractivity contribution in [2.24, 2.45) is 5.73 Å². The molecule has 0 aromatic heterocycles. The summed E-state index contributed by atoms with van der Waals surface area (Å²) in [5.41, 5.74) is 9.28. The van der Waals surface area contributed by atoms with Gasteiger partial charge in [-0.3, -0.25) is 0 Å². The SMILES string of the molecule is Cc1cc(F)c(Br)c(C2(CN)CCCC2)c1C. The van der Waals surface area contributed by atoms with Crippen molar-refractivity contribution in [3.63, 3.8) is 0 Å². The summed E-state index contributed by atoms with van der Waals surface area (Å²) in [5.74, 6) is -0.164. The molecule has 1 aliphatic rings. The second-order valence-electron chi connectivity index (χ2n) is 5.18. The largest absolute Gasteiger partial charge is 0.330 e. The van der Waals surface area contributed by atoms with Crippen molar-refractivity contribution >= 4 is 15.9 Å². The lowest BCUT2D eigenvalue weighted by Gasteiger charge is -2.31. The van der Waals surface area contributed by atoms with Crippen molar-refractivity contribution in [3.05, 3.63) is 33.0 Å². The minimum absolute atomic E-state index is 0.0181. The molecule has 1 nitrogen and oxygen atoms in total. The molecule has 1 saturated carbocycles. The van der Waals surface area contributed by atoms with Crippen molar-refractivity contribution in [1.29, 1.82) is 0 Å². The maximum Gasteiger partial charge on any atom is 0.137 e. The predicted molar refractivity (Wildman–Crippen MR) is 72.8 cm³/mol. The van der Waals surface area contributed by atoms with Gasteiger partial charge in [0.2, 0.25) is 0 Å². The standard InChI is InChI=1S/C14H19BrFN/c1-9-7-11(16)13(15)12(10(9)2)14(8-17)5-3-4-6-14/h7H,3-6,8,17H2,1-2H3. The Morgan fingerprint density at radius 1 is 1.35 bits per heavy atom. The molecule has 0 saturated heterocycles. The van der Waals surface area contributed by atoms with Crippen LogP contribution in [0.2, 0.25) is 0 Å². The lowest BCUT2D eigenvalue weighted by molar-refractivity contribution is 0.443. The van der Waals surface area contributed by atoms with Crippen LogP contribution in [-0.4, -0.2) is 6.54 Å². The van der Waals surface area contributed by atoms with E-state index >= 15 is 0 Å². The molecular weight excluding hydrogens is 281 g/mol. The van der Waals surface area contributed by atoms with Gasteiger partial charge in [0.05, 0.1) is 4.47 Å². The molecule has 0 aliphatic heterocycles. The third kappa shape index (κ3) is 2.04. The first-order valence-electron chi connectivity index (χ1n) is 6.17. The van der Waals surface area contributed by atoms with Crippen molar-refractivity contribution in [1.82, 2.24) is 0 Å². The highest BCUT2D eigenvalue weighted by molar-refractivity contribution is 9.10. The molecule has 0 spiro atoms. The van der Waals surface area contributed by atoms with E-state index in [1.807, 2.05) is 6.92 Å². The van der Waals surface area contributed by atoms with Gasteiger partial charge in [-0.05, 0) is 65.4 Å². The molecule has 1 fully saturated rings. The van der Waals surface area contributed by atoms with Crippen molar-refractivity contribution in [3.8, 4) is 0 Å². The van der Waals surface area contributed by atoms with Crippen LogP contribution in [0.15, 0.2) is 10.5 Å². The number of rotatable bonds is 2. The minimum Gasteiger partial charge on any atom is -0.330 e. The summed E-state index contributed by atoms with van der Waals surface area (Å²) in [5, 5.41) is 0. The fraction of sp³-hybridized carbons (Fsp3) is 0.571. The van der Waals surface area contributed by atoms with E-state index in [4.69, 9.17) is 5.73 Å². The van der Waals surface area contributed by atoms with Gasteiger partial charge in [0.1, 0.15) is 5.82 Å². The van der Waals surface area contributed by atoms with E-state index in [2.05, 4.69) is 22.9 Å². The fourth-order valence-corrected chi connectivity index (χ4v) is 3.91. The summed E-state index contributed by atoms with van der Waals surface area (Å²) in [7, 11) is 0. The van der Waals surface area contributed by atoms with Gasteiger partial charge in [0, 0.05) is 12.0 Å². The second kappa shape index (κ2) is 4.69. The van der Waals surface area contributed by atoms with Gasteiger partial charge in [0.25, 0.3) is 0 Å². The van der Waals surface area contributed by atoms with E-state index in [1.165, 1.54) is 18.4 Å². The molecule has 0 heterocycles. The van der Waals surface area contributed by atoms with Gasteiger partial charge < -0.3 is 5.73 Å². The Labute approximate surface area is 111 Å². The van der Waals surface area contributed by atoms with Gasteiger partial charge in [-0.25, -0.2) is 4.39 Å². The smallest absolute Gasteiger partial charge is 0.137 e. The van der Waals surface area contributed by atoms with Crippen molar-refractivity contribution in [2.45, 2.75) is 44.9 Å². The van der Waals surface area contributed by atoms with Crippen molar-refractivity contribution in [2.75, 3.05) is 6.54 Å². The third-order valence-electron chi connectivity index (χ3n) is 4.22. The van der Waals surface area contributed by atoms with Crippen LogP contribution in [-0.2, 0) is 5.41 Å².